The largest absolute Gasteiger partial charge is 0.363 e. The van der Waals surface area contributed by atoms with Crippen LogP contribution in [0.15, 0.2) is 17.2 Å². The van der Waals surface area contributed by atoms with Gasteiger partial charge in [0.05, 0.1) is 4.90 Å². The average molecular weight is 313 g/mol. The molecule has 6 heteroatoms. The van der Waals surface area contributed by atoms with Crippen molar-refractivity contribution in [2.24, 2.45) is 5.92 Å². The van der Waals surface area contributed by atoms with Crippen LogP contribution in [0.3, 0.4) is 0 Å². The van der Waals surface area contributed by atoms with Gasteiger partial charge in [0.25, 0.3) is 0 Å². The number of hydrogen-bond acceptors (Lipinski definition) is 3. The molecule has 0 bridgehead atoms. The van der Waals surface area contributed by atoms with E-state index in [1.807, 2.05) is 0 Å². The van der Waals surface area contributed by atoms with Crippen molar-refractivity contribution in [1.82, 2.24) is 15.0 Å². The highest BCUT2D eigenvalue weighted by Gasteiger charge is 2.27. The number of rotatable bonds is 7. The van der Waals surface area contributed by atoms with Crippen LogP contribution in [0, 0.1) is 5.92 Å². The summed E-state index contributed by atoms with van der Waals surface area (Å²) in [5.74, 6) is 0.415. The molecule has 3 N–H and O–H groups in total. The van der Waals surface area contributed by atoms with Crippen molar-refractivity contribution in [2.75, 3.05) is 6.54 Å². The predicted octanol–water partition coefficient (Wildman–Crippen LogP) is 2.37. The first-order chi connectivity index (χ1) is 10.0. The fraction of sp³-hybridized carbons (Fsp3) is 0.733. The van der Waals surface area contributed by atoms with Crippen molar-refractivity contribution >= 4 is 10.0 Å². The van der Waals surface area contributed by atoms with Crippen LogP contribution in [0.5, 0.6) is 0 Å². The Morgan fingerprint density at radius 1 is 1.33 bits per heavy atom. The van der Waals surface area contributed by atoms with E-state index in [-0.39, 0.29) is 6.04 Å². The zero-order chi connectivity index (χ0) is 15.3. The Labute approximate surface area is 128 Å². The second kappa shape index (κ2) is 7.42. The monoisotopic (exact) mass is 313 g/mol. The second-order valence-corrected chi connectivity index (χ2v) is 7.74. The molecule has 0 amide bonds. The molecular weight excluding hydrogens is 286 g/mol. The Bertz CT molecular complexity index is 539. The van der Waals surface area contributed by atoms with Crippen molar-refractivity contribution in [3.8, 4) is 0 Å². The van der Waals surface area contributed by atoms with Gasteiger partial charge in [0.1, 0.15) is 0 Å². The summed E-state index contributed by atoms with van der Waals surface area (Å²) in [5.41, 5.74) is 0.903. The molecule has 2 atom stereocenters. The Balaban J connectivity index is 1.98. The molecule has 2 rings (SSSR count). The summed E-state index contributed by atoms with van der Waals surface area (Å²) in [6, 6.07) is 1.79. The molecular formula is C15H27N3O2S. The lowest BCUT2D eigenvalue weighted by Crippen LogP contribution is -2.40. The van der Waals surface area contributed by atoms with Gasteiger partial charge in [0, 0.05) is 24.5 Å². The van der Waals surface area contributed by atoms with Crippen molar-refractivity contribution in [3.05, 3.63) is 18.0 Å². The van der Waals surface area contributed by atoms with E-state index in [0.29, 0.717) is 17.4 Å². The van der Waals surface area contributed by atoms with Crippen LogP contribution in [0.2, 0.25) is 0 Å². The molecule has 5 nitrogen and oxygen atoms in total. The lowest BCUT2D eigenvalue weighted by atomic mass is 9.87. The molecule has 0 saturated heterocycles. The Kier molecular flexibility index (Phi) is 5.84. The van der Waals surface area contributed by atoms with Crippen LogP contribution in [0.25, 0.3) is 0 Å². The Morgan fingerprint density at radius 3 is 2.81 bits per heavy atom. The van der Waals surface area contributed by atoms with E-state index in [1.165, 1.54) is 6.42 Å². The fourth-order valence-electron chi connectivity index (χ4n) is 2.83. The maximum absolute atomic E-state index is 12.4. The van der Waals surface area contributed by atoms with Crippen LogP contribution in [0.4, 0.5) is 0 Å². The molecule has 0 aromatic carbocycles. The summed E-state index contributed by atoms with van der Waals surface area (Å²) in [7, 11) is -3.41. The lowest BCUT2D eigenvalue weighted by molar-refractivity contribution is 0.310. The van der Waals surface area contributed by atoms with Crippen LogP contribution in [0.1, 0.15) is 51.6 Å². The van der Waals surface area contributed by atoms with E-state index in [0.717, 1.165) is 37.9 Å². The van der Waals surface area contributed by atoms with Gasteiger partial charge in [0.15, 0.2) is 0 Å². The van der Waals surface area contributed by atoms with Crippen LogP contribution in [-0.2, 0) is 16.6 Å². The maximum atomic E-state index is 12.4. The van der Waals surface area contributed by atoms with Gasteiger partial charge in [-0.05, 0) is 37.8 Å². The summed E-state index contributed by atoms with van der Waals surface area (Å²) in [6.45, 7) is 5.83. The number of aromatic amines is 1. The minimum atomic E-state index is -3.41. The van der Waals surface area contributed by atoms with Crippen LogP contribution >= 0.6 is 0 Å². The summed E-state index contributed by atoms with van der Waals surface area (Å²) in [5, 5.41) is 3.26. The lowest BCUT2D eigenvalue weighted by Gasteiger charge is -2.29. The first-order valence-corrected chi connectivity index (χ1v) is 9.41. The topological polar surface area (TPSA) is 74.0 Å². The number of aromatic nitrogens is 1. The molecule has 0 radical (unpaired) electrons. The molecule has 21 heavy (non-hydrogen) atoms. The van der Waals surface area contributed by atoms with E-state index in [2.05, 4.69) is 28.9 Å². The van der Waals surface area contributed by atoms with Gasteiger partial charge < -0.3 is 10.3 Å². The number of hydrogen-bond donors (Lipinski definition) is 3. The van der Waals surface area contributed by atoms with Crippen molar-refractivity contribution in [3.63, 3.8) is 0 Å². The summed E-state index contributed by atoms with van der Waals surface area (Å²) < 4.78 is 27.7. The molecule has 2 unspecified atom stereocenters. The van der Waals surface area contributed by atoms with E-state index >= 15 is 0 Å². The molecule has 1 aliphatic rings. The molecule has 1 fully saturated rings. The first kappa shape index (κ1) is 16.5. The second-order valence-electron chi connectivity index (χ2n) is 6.03. The summed E-state index contributed by atoms with van der Waals surface area (Å²) in [4.78, 5) is 3.38. The average Bonchev–Trinajstić information content (AvgIpc) is 2.91. The standard InChI is InChI=1S/C15H27N3O2S/c1-3-8-16-10-13-9-14(11-17-13)21(19,20)18-15-7-5-4-6-12(15)2/h9,11-12,15-18H,3-8,10H2,1-2H3. The minimum Gasteiger partial charge on any atom is -0.363 e. The summed E-state index contributed by atoms with van der Waals surface area (Å²) >= 11 is 0. The summed E-state index contributed by atoms with van der Waals surface area (Å²) in [6.07, 6.45) is 7.00. The SMILES string of the molecule is CCCNCc1cc(S(=O)(=O)NC2CCCCC2C)c[nH]1. The van der Waals surface area contributed by atoms with Crippen LogP contribution < -0.4 is 10.0 Å². The van der Waals surface area contributed by atoms with Crippen molar-refractivity contribution in [2.45, 2.75) is 63.4 Å². The molecule has 0 spiro atoms. The highest BCUT2D eigenvalue weighted by atomic mass is 32.2. The van der Waals surface area contributed by atoms with Gasteiger partial charge in [-0.1, -0.05) is 26.7 Å². The predicted molar refractivity (Wildman–Crippen MR) is 84.5 cm³/mol. The Morgan fingerprint density at radius 2 is 2.10 bits per heavy atom. The third-order valence-electron chi connectivity index (χ3n) is 4.19. The van der Waals surface area contributed by atoms with E-state index in [9.17, 15) is 8.42 Å². The maximum Gasteiger partial charge on any atom is 0.242 e. The molecule has 0 aliphatic heterocycles. The number of H-pyrrole nitrogens is 1. The first-order valence-electron chi connectivity index (χ1n) is 7.93. The van der Waals surface area contributed by atoms with Crippen LogP contribution in [-0.4, -0.2) is 26.0 Å². The van der Waals surface area contributed by atoms with Gasteiger partial charge >= 0.3 is 0 Å². The molecule has 1 saturated carbocycles. The minimum absolute atomic E-state index is 0.0697. The highest BCUT2D eigenvalue weighted by Crippen LogP contribution is 2.25. The molecule has 120 valence electrons. The zero-order valence-corrected chi connectivity index (χ0v) is 13.8. The number of nitrogens with one attached hydrogen (secondary N) is 3. The van der Waals surface area contributed by atoms with Gasteiger partial charge in [-0.25, -0.2) is 13.1 Å². The smallest absolute Gasteiger partial charge is 0.242 e. The van der Waals surface area contributed by atoms with E-state index in [4.69, 9.17) is 0 Å². The zero-order valence-electron chi connectivity index (χ0n) is 13.0. The molecule has 1 aliphatic carbocycles. The third-order valence-corrected chi connectivity index (χ3v) is 5.66. The normalized spacial score (nSPS) is 23.3. The van der Waals surface area contributed by atoms with Gasteiger partial charge in [0.2, 0.25) is 10.0 Å². The van der Waals surface area contributed by atoms with Crippen molar-refractivity contribution < 1.29 is 8.42 Å². The molecule has 1 heterocycles. The highest BCUT2D eigenvalue weighted by molar-refractivity contribution is 7.89. The van der Waals surface area contributed by atoms with Crippen molar-refractivity contribution in [1.29, 1.82) is 0 Å². The number of sulfonamides is 1. The molecule has 1 aromatic heterocycles. The third kappa shape index (κ3) is 4.56. The molecule has 1 aromatic rings. The van der Waals surface area contributed by atoms with E-state index in [1.54, 1.807) is 12.3 Å². The van der Waals surface area contributed by atoms with E-state index < -0.39 is 10.0 Å². The Hall–Kier alpha value is -0.850. The van der Waals surface area contributed by atoms with Gasteiger partial charge in [-0.3, -0.25) is 0 Å². The van der Waals surface area contributed by atoms with Gasteiger partial charge in [-0.2, -0.15) is 0 Å². The van der Waals surface area contributed by atoms with Gasteiger partial charge in [-0.15, -0.1) is 0 Å². The fourth-order valence-corrected chi connectivity index (χ4v) is 4.23. The quantitative estimate of drug-likeness (QED) is 0.677.